The third kappa shape index (κ3) is 4.09. The first-order chi connectivity index (χ1) is 13.4. The molecule has 3 rings (SSSR count). The lowest BCUT2D eigenvalue weighted by Crippen LogP contribution is -2.43. The third-order valence-electron chi connectivity index (χ3n) is 5.29. The molecule has 0 bridgehead atoms. The molecule has 3 nitrogen and oxygen atoms in total. The van der Waals surface area contributed by atoms with Crippen molar-refractivity contribution in [1.29, 1.82) is 0 Å². The van der Waals surface area contributed by atoms with Gasteiger partial charge in [0, 0.05) is 0 Å². The van der Waals surface area contributed by atoms with Crippen LogP contribution in [0, 0.1) is 12.8 Å². The molecule has 0 aliphatic rings. The lowest BCUT2D eigenvalue weighted by atomic mass is 9.68. The fraction of sp³-hybridized carbons (Fsp3) is 0.240. The molecule has 0 aliphatic carbocycles. The molecular formula is C25H26O3. The van der Waals surface area contributed by atoms with E-state index in [0.29, 0.717) is 12.2 Å². The van der Waals surface area contributed by atoms with E-state index in [-0.39, 0.29) is 5.92 Å². The van der Waals surface area contributed by atoms with Crippen LogP contribution in [0.5, 0.6) is 11.5 Å². The monoisotopic (exact) mass is 374 g/mol. The molecule has 0 heterocycles. The Morgan fingerprint density at radius 1 is 0.929 bits per heavy atom. The lowest BCUT2D eigenvalue weighted by Gasteiger charge is -2.34. The summed E-state index contributed by atoms with van der Waals surface area (Å²) in [5.41, 5.74) is 1.88. The third-order valence-corrected chi connectivity index (χ3v) is 5.29. The second kappa shape index (κ2) is 8.30. The highest BCUT2D eigenvalue weighted by atomic mass is 16.5. The van der Waals surface area contributed by atoms with Crippen molar-refractivity contribution in [2.24, 2.45) is 5.92 Å². The molecule has 144 valence electrons. The van der Waals surface area contributed by atoms with Crippen LogP contribution in [0.2, 0.25) is 0 Å². The molecule has 0 fully saturated rings. The first-order valence-electron chi connectivity index (χ1n) is 9.54. The highest BCUT2D eigenvalue weighted by molar-refractivity contribution is 5.82. The number of rotatable bonds is 7. The van der Waals surface area contributed by atoms with Crippen molar-refractivity contribution in [3.8, 4) is 11.5 Å². The van der Waals surface area contributed by atoms with Crippen LogP contribution in [0.4, 0.5) is 0 Å². The molecule has 0 spiro atoms. The summed E-state index contributed by atoms with van der Waals surface area (Å²) in [5.74, 6) is 0.578. The number of aliphatic carboxylic acids is 1. The Kier molecular flexibility index (Phi) is 5.84. The summed E-state index contributed by atoms with van der Waals surface area (Å²) in [4.78, 5) is 12.5. The maximum absolute atomic E-state index is 12.5. The maximum Gasteiger partial charge on any atom is 0.314 e. The topological polar surface area (TPSA) is 46.5 Å². The molecule has 3 aromatic carbocycles. The van der Waals surface area contributed by atoms with Crippen LogP contribution in [0.25, 0.3) is 0 Å². The standard InChI is InChI=1S/C25H26O3/c1-18(2)25(24(26)27,21-14-12-19(3)13-15-21)17-20-8-7-11-23(16-20)28-22-9-5-4-6-10-22/h4-16,18H,17H2,1-3H3,(H,26,27). The first-order valence-corrected chi connectivity index (χ1v) is 9.54. The Morgan fingerprint density at radius 2 is 1.57 bits per heavy atom. The molecule has 0 saturated heterocycles. The average Bonchev–Trinajstić information content (AvgIpc) is 2.67. The summed E-state index contributed by atoms with van der Waals surface area (Å²) < 4.78 is 5.93. The van der Waals surface area contributed by atoms with E-state index < -0.39 is 11.4 Å². The van der Waals surface area contributed by atoms with Crippen LogP contribution in [-0.4, -0.2) is 11.1 Å². The minimum atomic E-state index is -1.00. The van der Waals surface area contributed by atoms with Crippen molar-refractivity contribution in [1.82, 2.24) is 0 Å². The van der Waals surface area contributed by atoms with Gasteiger partial charge in [-0.25, -0.2) is 0 Å². The minimum absolute atomic E-state index is 0.0774. The smallest absolute Gasteiger partial charge is 0.314 e. The Bertz CT molecular complexity index is 930. The van der Waals surface area contributed by atoms with Gasteiger partial charge in [-0.05, 0) is 54.7 Å². The lowest BCUT2D eigenvalue weighted by molar-refractivity contribution is -0.145. The van der Waals surface area contributed by atoms with Gasteiger partial charge in [0.05, 0.1) is 5.41 Å². The van der Waals surface area contributed by atoms with Crippen molar-refractivity contribution in [3.05, 3.63) is 95.6 Å². The van der Waals surface area contributed by atoms with Gasteiger partial charge in [0.2, 0.25) is 0 Å². The molecule has 28 heavy (non-hydrogen) atoms. The Hall–Kier alpha value is -3.07. The van der Waals surface area contributed by atoms with Gasteiger partial charge in [0.15, 0.2) is 0 Å². The molecule has 0 radical (unpaired) electrons. The first kappa shape index (κ1) is 19.7. The zero-order valence-electron chi connectivity index (χ0n) is 16.6. The van der Waals surface area contributed by atoms with E-state index in [2.05, 4.69) is 0 Å². The van der Waals surface area contributed by atoms with Crippen LogP contribution in [-0.2, 0) is 16.6 Å². The number of carboxylic acid groups (broad SMARTS) is 1. The quantitative estimate of drug-likeness (QED) is 0.551. The highest BCUT2D eigenvalue weighted by Crippen LogP contribution is 2.37. The molecule has 0 aliphatic heterocycles. The molecule has 0 amide bonds. The van der Waals surface area contributed by atoms with Gasteiger partial charge in [-0.15, -0.1) is 0 Å². The Labute approximate surface area is 166 Å². The fourth-order valence-electron chi connectivity index (χ4n) is 3.60. The molecule has 3 aromatic rings. The van der Waals surface area contributed by atoms with Crippen LogP contribution in [0.3, 0.4) is 0 Å². The van der Waals surface area contributed by atoms with Crippen molar-refractivity contribution in [2.75, 3.05) is 0 Å². The number of benzene rings is 3. The van der Waals surface area contributed by atoms with E-state index in [1.165, 1.54) is 0 Å². The predicted molar refractivity (Wildman–Crippen MR) is 112 cm³/mol. The van der Waals surface area contributed by atoms with Gasteiger partial charge in [0.25, 0.3) is 0 Å². The summed E-state index contributed by atoms with van der Waals surface area (Å²) in [6, 6.07) is 25.1. The maximum atomic E-state index is 12.5. The van der Waals surface area contributed by atoms with Crippen molar-refractivity contribution >= 4 is 5.97 Å². The van der Waals surface area contributed by atoms with Crippen molar-refractivity contribution in [3.63, 3.8) is 0 Å². The molecule has 0 aromatic heterocycles. The van der Waals surface area contributed by atoms with Crippen molar-refractivity contribution in [2.45, 2.75) is 32.6 Å². The van der Waals surface area contributed by atoms with Gasteiger partial charge in [-0.1, -0.05) is 74.0 Å². The number of para-hydroxylation sites is 1. The summed E-state index contributed by atoms with van der Waals surface area (Å²) in [6.07, 6.45) is 0.398. The molecule has 3 heteroatoms. The van der Waals surface area contributed by atoms with Crippen LogP contribution in [0.15, 0.2) is 78.9 Å². The molecule has 1 atom stereocenters. The molecule has 0 saturated carbocycles. The molecule has 1 unspecified atom stereocenters. The van der Waals surface area contributed by atoms with E-state index in [1.807, 2.05) is 99.6 Å². The molecular weight excluding hydrogens is 348 g/mol. The minimum Gasteiger partial charge on any atom is -0.481 e. The van der Waals surface area contributed by atoms with Gasteiger partial charge < -0.3 is 9.84 Å². The summed E-state index contributed by atoms with van der Waals surface area (Å²) in [5, 5.41) is 10.3. The van der Waals surface area contributed by atoms with E-state index in [4.69, 9.17) is 4.74 Å². The number of carboxylic acids is 1. The zero-order valence-corrected chi connectivity index (χ0v) is 16.6. The normalized spacial score (nSPS) is 13.1. The Balaban J connectivity index is 1.96. The van der Waals surface area contributed by atoms with E-state index in [1.54, 1.807) is 0 Å². The zero-order chi connectivity index (χ0) is 20.1. The van der Waals surface area contributed by atoms with Gasteiger partial charge in [0.1, 0.15) is 11.5 Å². The van der Waals surface area contributed by atoms with Crippen LogP contribution in [0.1, 0.15) is 30.5 Å². The SMILES string of the molecule is Cc1ccc(C(Cc2cccc(Oc3ccccc3)c2)(C(=O)O)C(C)C)cc1. The average molecular weight is 374 g/mol. The Morgan fingerprint density at radius 3 is 2.18 bits per heavy atom. The van der Waals surface area contributed by atoms with E-state index in [9.17, 15) is 9.90 Å². The number of aryl methyl sites for hydroxylation is 1. The van der Waals surface area contributed by atoms with Crippen LogP contribution < -0.4 is 4.74 Å². The number of hydrogen-bond acceptors (Lipinski definition) is 2. The summed E-state index contributed by atoms with van der Waals surface area (Å²) in [6.45, 7) is 5.95. The number of ether oxygens (including phenoxy) is 1. The van der Waals surface area contributed by atoms with Gasteiger partial charge >= 0.3 is 5.97 Å². The highest BCUT2D eigenvalue weighted by Gasteiger charge is 2.43. The van der Waals surface area contributed by atoms with Gasteiger partial charge in [-0.2, -0.15) is 0 Å². The molecule has 1 N–H and O–H groups in total. The van der Waals surface area contributed by atoms with Crippen LogP contribution >= 0.6 is 0 Å². The summed E-state index contributed by atoms with van der Waals surface area (Å²) in [7, 11) is 0. The summed E-state index contributed by atoms with van der Waals surface area (Å²) >= 11 is 0. The van der Waals surface area contributed by atoms with Crippen molar-refractivity contribution < 1.29 is 14.6 Å². The number of hydrogen-bond donors (Lipinski definition) is 1. The predicted octanol–water partition coefficient (Wildman–Crippen LogP) is 6.01. The largest absolute Gasteiger partial charge is 0.481 e. The number of carbonyl (C=O) groups is 1. The second-order valence-electron chi connectivity index (χ2n) is 7.54. The second-order valence-corrected chi connectivity index (χ2v) is 7.54. The van der Waals surface area contributed by atoms with E-state index in [0.717, 1.165) is 22.4 Å². The fourth-order valence-corrected chi connectivity index (χ4v) is 3.60. The van der Waals surface area contributed by atoms with E-state index >= 15 is 0 Å². The van der Waals surface area contributed by atoms with Gasteiger partial charge in [-0.3, -0.25) is 4.79 Å².